The summed E-state index contributed by atoms with van der Waals surface area (Å²) in [6.45, 7) is 5.47. The van der Waals surface area contributed by atoms with Crippen LogP contribution in [0.1, 0.15) is 32.1 Å². The maximum absolute atomic E-state index is 12.9. The maximum atomic E-state index is 12.9. The Bertz CT molecular complexity index is 927. The van der Waals surface area contributed by atoms with Crippen molar-refractivity contribution < 1.29 is 4.79 Å². The number of rotatable bonds is 2. The first kappa shape index (κ1) is 16.0. The van der Waals surface area contributed by atoms with Gasteiger partial charge in [-0.3, -0.25) is 4.79 Å². The van der Waals surface area contributed by atoms with Crippen molar-refractivity contribution in [3.8, 4) is 10.6 Å². The van der Waals surface area contributed by atoms with Crippen LogP contribution in [0.3, 0.4) is 0 Å². The molecule has 1 aliphatic heterocycles. The summed E-state index contributed by atoms with van der Waals surface area (Å²) in [4.78, 5) is 20.8. The number of hydrogen-bond acceptors (Lipinski definition) is 3. The van der Waals surface area contributed by atoms with Gasteiger partial charge in [0, 0.05) is 29.0 Å². The fraction of sp³-hybridized carbons (Fsp3) is 0.238. The number of amides is 1. The van der Waals surface area contributed by atoms with E-state index in [2.05, 4.69) is 31.2 Å². The Kier molecular flexibility index (Phi) is 4.14. The minimum absolute atomic E-state index is 0.119. The Hall–Kier alpha value is -2.46. The first-order valence-electron chi connectivity index (χ1n) is 8.52. The molecule has 0 saturated carbocycles. The van der Waals surface area contributed by atoms with Crippen molar-refractivity contribution in [1.82, 2.24) is 9.88 Å². The first-order valence-corrected chi connectivity index (χ1v) is 9.34. The zero-order valence-electron chi connectivity index (χ0n) is 14.5. The third-order valence-electron chi connectivity index (χ3n) is 4.69. The molecule has 3 nitrogen and oxygen atoms in total. The normalized spacial score (nSPS) is 13.6. The Morgan fingerprint density at radius 1 is 1.08 bits per heavy atom. The summed E-state index contributed by atoms with van der Waals surface area (Å²) in [5, 5.41) is 1.05. The highest BCUT2D eigenvalue weighted by Crippen LogP contribution is 2.32. The van der Waals surface area contributed by atoms with Crippen molar-refractivity contribution >= 4 is 17.2 Å². The standard InChI is InChI=1S/C21H20N2OS/c1-14-7-9-16(10-8-14)20-22-18-11-12-23(13-19(18)25-20)21(24)17-6-4-3-5-15(17)2/h3-10H,11-13H2,1-2H3. The van der Waals surface area contributed by atoms with E-state index in [9.17, 15) is 4.79 Å². The van der Waals surface area contributed by atoms with E-state index in [4.69, 9.17) is 4.98 Å². The molecule has 0 fully saturated rings. The van der Waals surface area contributed by atoms with Gasteiger partial charge < -0.3 is 4.90 Å². The average Bonchev–Trinajstić information content (AvgIpc) is 3.05. The Morgan fingerprint density at radius 3 is 2.60 bits per heavy atom. The van der Waals surface area contributed by atoms with Gasteiger partial charge in [0.15, 0.2) is 0 Å². The number of nitrogens with zero attached hydrogens (tertiary/aromatic N) is 2. The molecule has 3 aromatic rings. The predicted molar refractivity (Wildman–Crippen MR) is 102 cm³/mol. The summed E-state index contributed by atoms with van der Waals surface area (Å²) < 4.78 is 0. The van der Waals surface area contributed by atoms with Gasteiger partial charge in [0.05, 0.1) is 12.2 Å². The molecule has 0 saturated heterocycles. The Balaban J connectivity index is 1.58. The van der Waals surface area contributed by atoms with Gasteiger partial charge in [-0.25, -0.2) is 4.98 Å². The van der Waals surface area contributed by atoms with E-state index < -0.39 is 0 Å². The molecule has 0 radical (unpaired) electrons. The lowest BCUT2D eigenvalue weighted by Gasteiger charge is -2.26. The van der Waals surface area contributed by atoms with E-state index in [1.54, 1.807) is 11.3 Å². The second-order valence-electron chi connectivity index (χ2n) is 6.55. The molecule has 1 aliphatic rings. The highest BCUT2D eigenvalue weighted by atomic mass is 32.1. The van der Waals surface area contributed by atoms with Crippen LogP contribution in [0.25, 0.3) is 10.6 Å². The molecule has 1 aromatic heterocycles. The number of benzene rings is 2. The lowest BCUT2D eigenvalue weighted by molar-refractivity contribution is 0.0735. The highest BCUT2D eigenvalue weighted by Gasteiger charge is 2.25. The predicted octanol–water partition coefficient (Wildman–Crippen LogP) is 4.63. The Labute approximate surface area is 152 Å². The van der Waals surface area contributed by atoms with Gasteiger partial charge in [0.2, 0.25) is 0 Å². The van der Waals surface area contributed by atoms with Gasteiger partial charge in [-0.2, -0.15) is 0 Å². The number of carbonyl (C=O) groups excluding carboxylic acids is 1. The molecule has 0 unspecified atom stereocenters. The molecule has 0 atom stereocenters. The topological polar surface area (TPSA) is 33.2 Å². The zero-order chi connectivity index (χ0) is 17.4. The molecule has 1 amide bonds. The van der Waals surface area contributed by atoms with Crippen molar-refractivity contribution in [3.05, 3.63) is 75.8 Å². The van der Waals surface area contributed by atoms with Crippen LogP contribution in [0.4, 0.5) is 0 Å². The minimum Gasteiger partial charge on any atom is -0.333 e. The molecule has 4 heteroatoms. The summed E-state index contributed by atoms with van der Waals surface area (Å²) in [7, 11) is 0. The van der Waals surface area contributed by atoms with Gasteiger partial charge in [-0.15, -0.1) is 11.3 Å². The Morgan fingerprint density at radius 2 is 1.84 bits per heavy atom. The van der Waals surface area contributed by atoms with Gasteiger partial charge >= 0.3 is 0 Å². The second-order valence-corrected chi connectivity index (χ2v) is 7.63. The van der Waals surface area contributed by atoms with Crippen molar-refractivity contribution in [2.24, 2.45) is 0 Å². The molecule has 2 aromatic carbocycles. The van der Waals surface area contributed by atoms with Crippen LogP contribution >= 0.6 is 11.3 Å². The van der Waals surface area contributed by atoms with Gasteiger partial charge in [0.25, 0.3) is 5.91 Å². The number of aryl methyl sites for hydroxylation is 2. The van der Waals surface area contributed by atoms with Crippen LogP contribution in [0, 0.1) is 13.8 Å². The van der Waals surface area contributed by atoms with Gasteiger partial charge in [-0.05, 0) is 25.5 Å². The molecule has 2 heterocycles. The largest absolute Gasteiger partial charge is 0.333 e. The quantitative estimate of drug-likeness (QED) is 0.677. The molecule has 4 rings (SSSR count). The molecule has 0 bridgehead atoms. The third kappa shape index (κ3) is 3.10. The summed E-state index contributed by atoms with van der Waals surface area (Å²) in [6, 6.07) is 16.3. The lowest BCUT2D eigenvalue weighted by Crippen LogP contribution is -2.35. The highest BCUT2D eigenvalue weighted by molar-refractivity contribution is 7.15. The minimum atomic E-state index is 0.119. The van der Waals surface area contributed by atoms with E-state index >= 15 is 0 Å². The van der Waals surface area contributed by atoms with Gasteiger partial charge in [0.1, 0.15) is 5.01 Å². The van der Waals surface area contributed by atoms with Crippen molar-refractivity contribution in [2.45, 2.75) is 26.8 Å². The smallest absolute Gasteiger partial charge is 0.254 e. The molecule has 0 spiro atoms. The van der Waals surface area contributed by atoms with E-state index in [1.807, 2.05) is 36.1 Å². The summed E-state index contributed by atoms with van der Waals surface area (Å²) in [6.07, 6.45) is 0.829. The molecule has 25 heavy (non-hydrogen) atoms. The average molecular weight is 348 g/mol. The number of thiazole rings is 1. The number of hydrogen-bond donors (Lipinski definition) is 0. The van der Waals surface area contributed by atoms with Crippen LogP contribution in [0.2, 0.25) is 0 Å². The van der Waals surface area contributed by atoms with Crippen LogP contribution < -0.4 is 0 Å². The van der Waals surface area contributed by atoms with Gasteiger partial charge in [-0.1, -0.05) is 48.0 Å². The van der Waals surface area contributed by atoms with E-state index in [-0.39, 0.29) is 5.91 Å². The fourth-order valence-corrected chi connectivity index (χ4v) is 4.30. The monoisotopic (exact) mass is 348 g/mol. The summed E-state index contributed by atoms with van der Waals surface area (Å²) in [5.41, 5.74) is 5.38. The van der Waals surface area contributed by atoms with Crippen LogP contribution in [0.15, 0.2) is 48.5 Å². The number of carbonyl (C=O) groups is 1. The molecule has 0 N–H and O–H groups in total. The fourth-order valence-electron chi connectivity index (χ4n) is 3.17. The van der Waals surface area contributed by atoms with E-state index in [1.165, 1.54) is 10.4 Å². The summed E-state index contributed by atoms with van der Waals surface area (Å²) >= 11 is 1.71. The molecule has 126 valence electrons. The van der Waals surface area contributed by atoms with E-state index in [0.29, 0.717) is 6.54 Å². The van der Waals surface area contributed by atoms with Crippen LogP contribution in [-0.2, 0) is 13.0 Å². The lowest BCUT2D eigenvalue weighted by atomic mass is 10.1. The second kappa shape index (κ2) is 6.45. The zero-order valence-corrected chi connectivity index (χ0v) is 15.3. The molecular weight excluding hydrogens is 328 g/mol. The molecular formula is C21H20N2OS. The molecule has 0 aliphatic carbocycles. The number of fused-ring (bicyclic) bond motifs is 1. The first-order chi connectivity index (χ1) is 12.1. The summed E-state index contributed by atoms with van der Waals surface area (Å²) in [5.74, 6) is 0.119. The van der Waals surface area contributed by atoms with Crippen LogP contribution in [-0.4, -0.2) is 22.3 Å². The van der Waals surface area contributed by atoms with Crippen molar-refractivity contribution in [2.75, 3.05) is 6.54 Å². The van der Waals surface area contributed by atoms with Crippen molar-refractivity contribution in [1.29, 1.82) is 0 Å². The SMILES string of the molecule is Cc1ccc(-c2nc3c(s2)CN(C(=O)c2ccccc2C)CC3)cc1. The van der Waals surface area contributed by atoms with Crippen LogP contribution in [0.5, 0.6) is 0 Å². The third-order valence-corrected chi connectivity index (χ3v) is 5.82. The maximum Gasteiger partial charge on any atom is 0.254 e. The van der Waals surface area contributed by atoms with Crippen molar-refractivity contribution in [3.63, 3.8) is 0 Å². The number of aromatic nitrogens is 1. The van der Waals surface area contributed by atoms with E-state index in [0.717, 1.165) is 40.4 Å².